The average Bonchev–Trinajstić information content (AvgIpc) is 2.14. The van der Waals surface area contributed by atoms with E-state index in [1.165, 1.54) is 6.07 Å². The van der Waals surface area contributed by atoms with Crippen molar-refractivity contribution in [2.45, 2.75) is 31.3 Å². The summed E-state index contributed by atoms with van der Waals surface area (Å²) in [5.74, 6) is -0.470. The molecule has 1 rings (SSSR count). The first-order chi connectivity index (χ1) is 7.81. The maximum absolute atomic E-state index is 11.8. The molecule has 5 nitrogen and oxygen atoms in total. The van der Waals surface area contributed by atoms with Crippen LogP contribution in [0.4, 0.5) is 5.69 Å². The highest BCUT2D eigenvalue weighted by atomic mass is 32.1. The largest absolute Gasteiger partial charge is 0.456 e. The third-order valence-corrected chi connectivity index (χ3v) is 1.96. The minimum Gasteiger partial charge on any atom is -0.456 e. The van der Waals surface area contributed by atoms with Crippen molar-refractivity contribution in [1.82, 2.24) is 0 Å². The molecule has 0 saturated heterocycles. The summed E-state index contributed by atoms with van der Waals surface area (Å²) in [6.45, 7) is 5.34. The zero-order valence-corrected chi connectivity index (χ0v) is 10.7. The molecule has 6 heteroatoms. The maximum atomic E-state index is 11.8. The van der Waals surface area contributed by atoms with Crippen LogP contribution >= 0.6 is 12.6 Å². The first-order valence-corrected chi connectivity index (χ1v) is 5.39. The van der Waals surface area contributed by atoms with Crippen molar-refractivity contribution in [3.8, 4) is 0 Å². The van der Waals surface area contributed by atoms with Crippen LogP contribution in [0.25, 0.3) is 10.4 Å². The van der Waals surface area contributed by atoms with Crippen molar-refractivity contribution in [2.75, 3.05) is 0 Å². The van der Waals surface area contributed by atoms with E-state index in [0.717, 1.165) is 0 Å². The van der Waals surface area contributed by atoms with Gasteiger partial charge in [-0.05, 0) is 44.5 Å². The molecule has 0 heterocycles. The Labute approximate surface area is 105 Å². The minimum absolute atomic E-state index is 0.315. The van der Waals surface area contributed by atoms with Crippen LogP contribution in [0.5, 0.6) is 0 Å². The van der Waals surface area contributed by atoms with Crippen molar-refractivity contribution in [2.24, 2.45) is 5.11 Å². The molecule has 90 valence electrons. The van der Waals surface area contributed by atoms with Crippen molar-refractivity contribution in [3.05, 3.63) is 34.2 Å². The van der Waals surface area contributed by atoms with Gasteiger partial charge in [0.05, 0.1) is 5.56 Å². The van der Waals surface area contributed by atoms with Crippen molar-refractivity contribution in [3.63, 3.8) is 0 Å². The van der Waals surface area contributed by atoms with Gasteiger partial charge in [0.2, 0.25) is 0 Å². The van der Waals surface area contributed by atoms with Gasteiger partial charge >= 0.3 is 5.97 Å². The maximum Gasteiger partial charge on any atom is 0.338 e. The first kappa shape index (κ1) is 13.4. The Morgan fingerprint density at radius 3 is 2.59 bits per heavy atom. The van der Waals surface area contributed by atoms with Gasteiger partial charge in [0.25, 0.3) is 0 Å². The zero-order chi connectivity index (χ0) is 13.1. The Bertz CT molecular complexity index is 488. The fraction of sp³-hybridized carbons (Fsp3) is 0.364. The minimum atomic E-state index is -0.567. The fourth-order valence-electron chi connectivity index (χ4n) is 1.16. The lowest BCUT2D eigenvalue weighted by molar-refractivity contribution is 0.00693. The van der Waals surface area contributed by atoms with Crippen molar-refractivity contribution < 1.29 is 9.53 Å². The molecule has 17 heavy (non-hydrogen) atoms. The van der Waals surface area contributed by atoms with E-state index in [4.69, 9.17) is 10.3 Å². The second-order valence-corrected chi connectivity index (χ2v) is 4.95. The van der Waals surface area contributed by atoms with Gasteiger partial charge < -0.3 is 4.74 Å². The number of hydrogen-bond acceptors (Lipinski definition) is 4. The smallest absolute Gasteiger partial charge is 0.338 e. The average molecular weight is 251 g/mol. The Hall–Kier alpha value is -1.65. The van der Waals surface area contributed by atoms with Crippen LogP contribution in [0.15, 0.2) is 28.2 Å². The van der Waals surface area contributed by atoms with E-state index < -0.39 is 11.6 Å². The van der Waals surface area contributed by atoms with Gasteiger partial charge in [0.15, 0.2) is 0 Å². The molecule has 0 saturated carbocycles. The standard InChI is InChI=1S/C11H13N3O2S/c1-11(2,3)16-10(15)7-4-8(13-14-12)6-9(17)5-7/h4-6,17H,1-3H3. The highest BCUT2D eigenvalue weighted by molar-refractivity contribution is 7.80. The summed E-state index contributed by atoms with van der Waals surface area (Å²) >= 11 is 4.13. The lowest BCUT2D eigenvalue weighted by Gasteiger charge is -2.19. The molecule has 0 radical (unpaired) electrons. The quantitative estimate of drug-likeness (QED) is 0.285. The summed E-state index contributed by atoms with van der Waals surface area (Å²) in [6.07, 6.45) is 0. The SMILES string of the molecule is CC(C)(C)OC(=O)c1cc(S)cc(N=[N+]=[N-])c1. The van der Waals surface area contributed by atoms with Crippen LogP contribution in [0.1, 0.15) is 31.1 Å². The van der Waals surface area contributed by atoms with E-state index in [-0.39, 0.29) is 0 Å². The molecule has 0 bridgehead atoms. The number of carbonyl (C=O) groups is 1. The van der Waals surface area contributed by atoms with E-state index >= 15 is 0 Å². The van der Waals surface area contributed by atoms with Crippen LogP contribution in [0.3, 0.4) is 0 Å². The first-order valence-electron chi connectivity index (χ1n) is 4.94. The van der Waals surface area contributed by atoms with Crippen LogP contribution in [-0.2, 0) is 4.74 Å². The van der Waals surface area contributed by atoms with Crippen LogP contribution in [0.2, 0.25) is 0 Å². The summed E-state index contributed by atoms with van der Waals surface area (Å²) in [5.41, 5.74) is 8.43. The summed E-state index contributed by atoms with van der Waals surface area (Å²) < 4.78 is 5.20. The number of nitrogens with zero attached hydrogens (tertiary/aromatic N) is 3. The Morgan fingerprint density at radius 2 is 2.06 bits per heavy atom. The number of azide groups is 1. The molecule has 1 aromatic rings. The Morgan fingerprint density at radius 1 is 1.41 bits per heavy atom. The molecule has 0 aliphatic rings. The van der Waals surface area contributed by atoms with Gasteiger partial charge in [0, 0.05) is 15.5 Å². The van der Waals surface area contributed by atoms with Gasteiger partial charge in [0.1, 0.15) is 5.60 Å². The molecule has 0 aromatic heterocycles. The predicted octanol–water partition coefficient (Wildman–Crippen LogP) is 3.87. The van der Waals surface area contributed by atoms with Gasteiger partial charge in [-0.15, -0.1) is 12.6 Å². The third-order valence-electron chi connectivity index (χ3n) is 1.70. The number of ether oxygens (including phenoxy) is 1. The molecular formula is C11H13N3O2S. The van der Waals surface area contributed by atoms with Gasteiger partial charge in [-0.1, -0.05) is 5.11 Å². The van der Waals surface area contributed by atoms with Crippen LogP contribution < -0.4 is 0 Å². The summed E-state index contributed by atoms with van der Waals surface area (Å²) in [4.78, 5) is 15.0. The molecule has 0 atom stereocenters. The van der Waals surface area contributed by atoms with E-state index in [1.54, 1.807) is 32.9 Å². The second kappa shape index (κ2) is 5.12. The lowest BCUT2D eigenvalue weighted by Crippen LogP contribution is -2.23. The monoisotopic (exact) mass is 251 g/mol. The summed E-state index contributed by atoms with van der Waals surface area (Å²) in [7, 11) is 0. The highest BCUT2D eigenvalue weighted by Gasteiger charge is 2.18. The van der Waals surface area contributed by atoms with Gasteiger partial charge in [-0.2, -0.15) is 0 Å². The number of esters is 1. The Kier molecular flexibility index (Phi) is 4.04. The molecule has 0 aliphatic carbocycles. The molecule has 0 unspecified atom stereocenters. The number of hydrogen-bond donors (Lipinski definition) is 1. The normalized spacial score (nSPS) is 10.6. The van der Waals surface area contributed by atoms with E-state index in [1.807, 2.05) is 0 Å². The van der Waals surface area contributed by atoms with Gasteiger partial charge in [-0.25, -0.2) is 4.79 Å². The second-order valence-electron chi connectivity index (χ2n) is 4.43. The highest BCUT2D eigenvalue weighted by Crippen LogP contribution is 2.22. The molecule has 0 fully saturated rings. The topological polar surface area (TPSA) is 75.1 Å². The van der Waals surface area contributed by atoms with Crippen LogP contribution in [-0.4, -0.2) is 11.6 Å². The van der Waals surface area contributed by atoms with E-state index in [2.05, 4.69) is 22.7 Å². The molecule has 0 N–H and O–H groups in total. The molecular weight excluding hydrogens is 238 g/mol. The number of carbonyl (C=O) groups excluding carboxylic acids is 1. The predicted molar refractivity (Wildman–Crippen MR) is 67.7 cm³/mol. The fourth-order valence-corrected chi connectivity index (χ4v) is 1.43. The number of rotatable bonds is 2. The number of benzene rings is 1. The molecule has 0 aliphatic heterocycles. The van der Waals surface area contributed by atoms with Crippen LogP contribution in [0, 0.1) is 0 Å². The third kappa shape index (κ3) is 4.38. The Balaban J connectivity index is 3.05. The zero-order valence-electron chi connectivity index (χ0n) is 9.84. The van der Waals surface area contributed by atoms with Crippen molar-refractivity contribution >= 4 is 24.3 Å². The molecule has 1 aromatic carbocycles. The van der Waals surface area contributed by atoms with E-state index in [9.17, 15) is 4.79 Å². The lowest BCUT2D eigenvalue weighted by atomic mass is 10.1. The summed E-state index contributed by atoms with van der Waals surface area (Å²) in [5, 5.41) is 3.43. The van der Waals surface area contributed by atoms with E-state index in [0.29, 0.717) is 16.1 Å². The van der Waals surface area contributed by atoms with Gasteiger partial charge in [-0.3, -0.25) is 0 Å². The number of thiol groups is 1. The van der Waals surface area contributed by atoms with Crippen molar-refractivity contribution in [1.29, 1.82) is 0 Å². The molecule has 0 spiro atoms. The molecule has 0 amide bonds. The summed E-state index contributed by atoms with van der Waals surface area (Å²) in [6, 6.07) is 4.60.